The van der Waals surface area contributed by atoms with Crippen molar-refractivity contribution < 1.29 is 4.42 Å². The molecular weight excluding hydrogens is 735 g/mol. The summed E-state index contributed by atoms with van der Waals surface area (Å²) < 4.78 is 9.13. The zero-order valence-corrected chi connectivity index (χ0v) is 32.8. The topological polar surface area (TPSA) is 16.4 Å². The van der Waals surface area contributed by atoms with Crippen molar-refractivity contribution in [1.29, 1.82) is 0 Å². The fourth-order valence-corrected chi connectivity index (χ4v) is 10.3. The Hall–Kier alpha value is -7.46. The van der Waals surface area contributed by atoms with Crippen molar-refractivity contribution in [2.24, 2.45) is 0 Å². The standard InChI is InChI=1S/C56H35NOS/c1-2-15-40-35-53-49(34-39(40)14-1)55-47(23-12-27-52(55)58-53)45-20-5-7-25-50(45)57(51-26-11-24-48-46-21-6-8-28-54(46)59-56(48)51)42-31-29-36(30-32-42)38-17-9-18-41(33-38)44-22-10-16-37-13-3-4-19-43(37)44/h1-35H. The molecule has 12 rings (SSSR count). The average Bonchev–Trinajstić information content (AvgIpc) is 3.87. The zero-order chi connectivity index (χ0) is 38.9. The van der Waals surface area contributed by atoms with Crippen LogP contribution in [-0.4, -0.2) is 0 Å². The van der Waals surface area contributed by atoms with E-state index < -0.39 is 0 Å². The molecule has 0 fully saturated rings. The molecule has 12 aromatic rings. The van der Waals surface area contributed by atoms with Gasteiger partial charge < -0.3 is 9.32 Å². The molecule has 3 heteroatoms. The quantitative estimate of drug-likeness (QED) is 0.167. The van der Waals surface area contributed by atoms with Gasteiger partial charge >= 0.3 is 0 Å². The summed E-state index contributed by atoms with van der Waals surface area (Å²) in [7, 11) is 0. The molecule has 0 atom stereocenters. The Labute approximate surface area is 345 Å². The maximum atomic E-state index is 6.58. The largest absolute Gasteiger partial charge is 0.456 e. The Morgan fingerprint density at radius 2 is 0.983 bits per heavy atom. The summed E-state index contributed by atoms with van der Waals surface area (Å²) in [4.78, 5) is 2.46. The third kappa shape index (κ3) is 5.55. The molecule has 0 bridgehead atoms. The average molecular weight is 770 g/mol. The van der Waals surface area contributed by atoms with Gasteiger partial charge in [0.2, 0.25) is 0 Å². The van der Waals surface area contributed by atoms with E-state index in [-0.39, 0.29) is 0 Å². The highest BCUT2D eigenvalue weighted by Crippen LogP contribution is 2.49. The van der Waals surface area contributed by atoms with Crippen LogP contribution < -0.4 is 4.90 Å². The van der Waals surface area contributed by atoms with Crippen LogP contribution in [0.1, 0.15) is 0 Å². The minimum absolute atomic E-state index is 0.885. The van der Waals surface area contributed by atoms with Crippen LogP contribution in [0.15, 0.2) is 217 Å². The summed E-state index contributed by atoms with van der Waals surface area (Å²) in [6, 6.07) is 77.0. The number of hydrogen-bond donors (Lipinski definition) is 0. The Bertz CT molecular complexity index is 3570. The molecule has 10 aromatic carbocycles. The van der Waals surface area contributed by atoms with Crippen LogP contribution in [0.5, 0.6) is 0 Å². The van der Waals surface area contributed by atoms with E-state index >= 15 is 0 Å². The molecule has 0 saturated heterocycles. The van der Waals surface area contributed by atoms with Crippen molar-refractivity contribution in [1.82, 2.24) is 0 Å². The first-order valence-electron chi connectivity index (χ1n) is 20.1. The van der Waals surface area contributed by atoms with Crippen LogP contribution in [0, 0.1) is 0 Å². The van der Waals surface area contributed by atoms with Crippen LogP contribution in [0.4, 0.5) is 17.1 Å². The second-order valence-electron chi connectivity index (χ2n) is 15.2. The fourth-order valence-electron chi connectivity index (χ4n) is 9.10. The lowest BCUT2D eigenvalue weighted by atomic mass is 9.95. The minimum Gasteiger partial charge on any atom is -0.456 e. The van der Waals surface area contributed by atoms with E-state index in [0.717, 1.165) is 50.1 Å². The fraction of sp³-hybridized carbons (Fsp3) is 0. The third-order valence-electron chi connectivity index (χ3n) is 11.8. The van der Waals surface area contributed by atoms with Gasteiger partial charge in [-0.05, 0) is 104 Å². The Balaban J connectivity index is 1.05. The van der Waals surface area contributed by atoms with E-state index in [1.54, 1.807) is 0 Å². The highest BCUT2D eigenvalue weighted by Gasteiger charge is 2.23. The van der Waals surface area contributed by atoms with Crippen molar-refractivity contribution in [3.05, 3.63) is 212 Å². The van der Waals surface area contributed by atoms with Crippen LogP contribution >= 0.6 is 11.3 Å². The lowest BCUT2D eigenvalue weighted by Gasteiger charge is -2.28. The number of anilines is 3. The molecule has 2 aromatic heterocycles. The lowest BCUT2D eigenvalue weighted by molar-refractivity contribution is 0.669. The second-order valence-corrected chi connectivity index (χ2v) is 16.3. The van der Waals surface area contributed by atoms with Crippen molar-refractivity contribution >= 4 is 92.1 Å². The van der Waals surface area contributed by atoms with Crippen molar-refractivity contribution in [2.45, 2.75) is 0 Å². The molecule has 276 valence electrons. The second kappa shape index (κ2) is 13.6. The molecule has 0 aliphatic heterocycles. The van der Waals surface area contributed by atoms with Gasteiger partial charge in [-0.3, -0.25) is 0 Å². The van der Waals surface area contributed by atoms with E-state index in [4.69, 9.17) is 4.42 Å². The monoisotopic (exact) mass is 769 g/mol. The SMILES string of the molecule is c1cc(-c2ccc(N(c3ccccc3-c3cccc4oc5cc6ccccc6cc5c34)c3cccc4c3sc3ccccc34)cc2)cc(-c2cccc3ccccc23)c1. The van der Waals surface area contributed by atoms with E-state index in [0.29, 0.717) is 0 Å². The number of nitrogens with zero attached hydrogens (tertiary/aromatic N) is 1. The van der Waals surface area contributed by atoms with Gasteiger partial charge in [0.05, 0.1) is 16.1 Å². The third-order valence-corrected chi connectivity index (χ3v) is 13.1. The van der Waals surface area contributed by atoms with Crippen LogP contribution in [0.25, 0.3) is 97.0 Å². The highest BCUT2D eigenvalue weighted by atomic mass is 32.1. The van der Waals surface area contributed by atoms with Crippen LogP contribution in [-0.2, 0) is 0 Å². The van der Waals surface area contributed by atoms with Gasteiger partial charge in [0, 0.05) is 37.5 Å². The van der Waals surface area contributed by atoms with Crippen molar-refractivity contribution in [2.75, 3.05) is 4.90 Å². The highest BCUT2D eigenvalue weighted by molar-refractivity contribution is 7.26. The normalized spacial score (nSPS) is 11.7. The zero-order valence-electron chi connectivity index (χ0n) is 32.0. The molecule has 0 spiro atoms. The molecule has 0 radical (unpaired) electrons. The molecule has 0 aliphatic rings. The summed E-state index contributed by atoms with van der Waals surface area (Å²) >= 11 is 1.86. The number of rotatable bonds is 6. The maximum Gasteiger partial charge on any atom is 0.136 e. The van der Waals surface area contributed by atoms with Gasteiger partial charge in [-0.2, -0.15) is 0 Å². The van der Waals surface area contributed by atoms with Gasteiger partial charge in [-0.1, -0.05) is 158 Å². The molecule has 0 amide bonds. The molecule has 0 aliphatic carbocycles. The molecule has 0 unspecified atom stereocenters. The van der Waals surface area contributed by atoms with E-state index in [2.05, 4.69) is 217 Å². The molecular formula is C56H35NOS. The van der Waals surface area contributed by atoms with Gasteiger partial charge in [0.25, 0.3) is 0 Å². The number of furan rings is 1. The van der Waals surface area contributed by atoms with E-state index in [9.17, 15) is 0 Å². The van der Waals surface area contributed by atoms with Crippen LogP contribution in [0.3, 0.4) is 0 Å². The summed E-state index contributed by atoms with van der Waals surface area (Å²) in [6.07, 6.45) is 0. The number of hydrogen-bond acceptors (Lipinski definition) is 3. The summed E-state index contributed by atoms with van der Waals surface area (Å²) in [5, 5.41) is 9.69. The first-order valence-corrected chi connectivity index (χ1v) is 20.9. The summed E-state index contributed by atoms with van der Waals surface area (Å²) in [6.45, 7) is 0. The van der Waals surface area contributed by atoms with Crippen molar-refractivity contribution in [3.63, 3.8) is 0 Å². The van der Waals surface area contributed by atoms with Crippen molar-refractivity contribution in [3.8, 4) is 33.4 Å². The first-order chi connectivity index (χ1) is 29.2. The Morgan fingerprint density at radius 3 is 1.88 bits per heavy atom. The Kier molecular flexibility index (Phi) is 7.75. The molecule has 0 saturated carbocycles. The lowest BCUT2D eigenvalue weighted by Crippen LogP contribution is -2.11. The minimum atomic E-state index is 0.885. The number of para-hydroxylation sites is 1. The smallest absolute Gasteiger partial charge is 0.136 e. The molecule has 59 heavy (non-hydrogen) atoms. The van der Waals surface area contributed by atoms with Gasteiger partial charge in [0.1, 0.15) is 11.2 Å². The maximum absolute atomic E-state index is 6.58. The van der Waals surface area contributed by atoms with Crippen LogP contribution in [0.2, 0.25) is 0 Å². The summed E-state index contributed by atoms with van der Waals surface area (Å²) in [5.74, 6) is 0. The van der Waals surface area contributed by atoms with Gasteiger partial charge in [-0.25, -0.2) is 0 Å². The predicted octanol–water partition coefficient (Wildman–Crippen LogP) is 16.7. The molecule has 0 N–H and O–H groups in total. The molecule has 2 heterocycles. The van der Waals surface area contributed by atoms with Gasteiger partial charge in [-0.15, -0.1) is 11.3 Å². The van der Waals surface area contributed by atoms with E-state index in [1.807, 2.05) is 11.3 Å². The number of benzene rings is 10. The Morgan fingerprint density at radius 1 is 0.356 bits per heavy atom. The van der Waals surface area contributed by atoms with E-state index in [1.165, 1.54) is 64.0 Å². The number of thiophene rings is 1. The van der Waals surface area contributed by atoms with Gasteiger partial charge in [0.15, 0.2) is 0 Å². The first kappa shape index (κ1) is 33.7. The predicted molar refractivity (Wildman–Crippen MR) is 253 cm³/mol. The summed E-state index contributed by atoms with van der Waals surface area (Å²) in [5.41, 5.74) is 12.2. The molecule has 2 nitrogen and oxygen atoms in total. The number of fused-ring (bicyclic) bond motifs is 8.